The summed E-state index contributed by atoms with van der Waals surface area (Å²) in [5.41, 5.74) is 2.16. The van der Waals surface area contributed by atoms with Gasteiger partial charge >= 0.3 is 0 Å². The van der Waals surface area contributed by atoms with Crippen LogP contribution in [-0.4, -0.2) is 87.3 Å². The lowest BCUT2D eigenvalue weighted by atomic mass is 9.99. The van der Waals surface area contributed by atoms with Crippen molar-refractivity contribution in [3.8, 4) is 0 Å². The van der Waals surface area contributed by atoms with E-state index in [1.165, 1.54) is 6.92 Å². The summed E-state index contributed by atoms with van der Waals surface area (Å²) < 4.78 is 5.13. The van der Waals surface area contributed by atoms with Crippen molar-refractivity contribution in [3.05, 3.63) is 0 Å². The number of hydroxylamine groups is 1. The van der Waals surface area contributed by atoms with E-state index in [1.807, 2.05) is 0 Å². The Morgan fingerprint density at radius 1 is 0.935 bits per heavy atom. The van der Waals surface area contributed by atoms with Crippen molar-refractivity contribution >= 4 is 11.8 Å². The van der Waals surface area contributed by atoms with E-state index in [0.29, 0.717) is 13.0 Å². The molecular weight excluding hydrogens is 412 g/mol. The van der Waals surface area contributed by atoms with Gasteiger partial charge in [-0.3, -0.25) is 9.59 Å². The maximum atomic E-state index is 11.8. The fraction of sp³-hybridized carbons (Fsp3) is 0.900. The monoisotopic (exact) mass is 450 g/mol. The van der Waals surface area contributed by atoms with Gasteiger partial charge in [0.15, 0.2) is 0 Å². The van der Waals surface area contributed by atoms with Crippen LogP contribution < -0.4 is 10.8 Å². The minimum atomic E-state index is -1.56. The number of carbonyl (C=O) groups excluding carboxylic acids is 2. The molecule has 0 aromatic heterocycles. The van der Waals surface area contributed by atoms with E-state index in [0.717, 1.165) is 44.9 Å². The number of aliphatic hydroxyl groups is 5. The van der Waals surface area contributed by atoms with E-state index >= 15 is 0 Å². The van der Waals surface area contributed by atoms with Crippen LogP contribution in [0, 0.1) is 0 Å². The summed E-state index contributed by atoms with van der Waals surface area (Å²) in [6.07, 6.45) is -0.157. The number of ether oxygens (including phenoxy) is 1. The van der Waals surface area contributed by atoms with Crippen molar-refractivity contribution in [1.29, 1.82) is 0 Å². The van der Waals surface area contributed by atoms with Gasteiger partial charge in [0.1, 0.15) is 30.5 Å². The number of amides is 2. The van der Waals surface area contributed by atoms with Gasteiger partial charge in [-0.15, -0.1) is 0 Å². The highest BCUT2D eigenvalue weighted by atomic mass is 16.8. The molecule has 0 unspecified atom stereocenters. The number of nitrogens with one attached hydrogen (secondary N) is 2. The second kappa shape index (κ2) is 15.5. The lowest BCUT2D eigenvalue weighted by molar-refractivity contribution is -0.313. The molecule has 1 saturated heterocycles. The molecule has 182 valence electrons. The minimum absolute atomic E-state index is 0.237. The van der Waals surface area contributed by atoms with Crippen LogP contribution in [0.1, 0.15) is 64.7 Å². The molecule has 0 aromatic carbocycles. The molecule has 0 saturated carbocycles. The summed E-state index contributed by atoms with van der Waals surface area (Å²) in [5.74, 6) is -0.737. The summed E-state index contributed by atoms with van der Waals surface area (Å²) in [7, 11) is 0. The maximum absolute atomic E-state index is 11.8. The Morgan fingerprint density at radius 3 is 2.10 bits per heavy atom. The zero-order valence-corrected chi connectivity index (χ0v) is 18.1. The van der Waals surface area contributed by atoms with Crippen LogP contribution in [0.25, 0.3) is 0 Å². The van der Waals surface area contributed by atoms with Gasteiger partial charge in [-0.2, -0.15) is 0 Å². The van der Waals surface area contributed by atoms with Gasteiger partial charge in [0.2, 0.25) is 18.1 Å². The topological polar surface area (TPSA) is 178 Å². The van der Waals surface area contributed by atoms with Crippen molar-refractivity contribution in [1.82, 2.24) is 10.8 Å². The molecule has 31 heavy (non-hydrogen) atoms. The van der Waals surface area contributed by atoms with Crippen molar-refractivity contribution < 1.29 is 44.7 Å². The van der Waals surface area contributed by atoms with Crippen LogP contribution in [0.15, 0.2) is 0 Å². The number of hydrogen-bond acceptors (Lipinski definition) is 9. The Kier molecular flexibility index (Phi) is 13.8. The standard InChI is InChI=1S/C20H38N2O9/c1-13(24)19(29)21-11-9-7-5-3-2-4-6-8-10-15(25)22-31-20-18(28)17(27)16(26)14(12-23)30-20/h13-14,16-18,20,23-24,26-28H,2-12H2,1H3,(H,21,29)(H,22,25)/t13-,14+,16-,17-,18+,20-/m0/s1. The highest BCUT2D eigenvalue weighted by Gasteiger charge is 2.44. The minimum Gasteiger partial charge on any atom is -0.394 e. The maximum Gasteiger partial charge on any atom is 0.248 e. The Bertz CT molecular complexity index is 519. The van der Waals surface area contributed by atoms with Crippen LogP contribution >= 0.6 is 0 Å². The van der Waals surface area contributed by atoms with Gasteiger partial charge in [0.25, 0.3) is 0 Å². The predicted octanol–water partition coefficient (Wildman–Crippen LogP) is -1.16. The first-order valence-electron chi connectivity index (χ1n) is 11.0. The lowest BCUT2D eigenvalue weighted by Crippen LogP contribution is -2.60. The molecule has 11 heteroatoms. The number of carbonyl (C=O) groups is 2. The van der Waals surface area contributed by atoms with Gasteiger partial charge in [-0.25, -0.2) is 10.3 Å². The molecule has 1 fully saturated rings. The van der Waals surface area contributed by atoms with Crippen LogP contribution in [0.5, 0.6) is 0 Å². The van der Waals surface area contributed by atoms with Crippen LogP contribution in [-0.2, 0) is 19.2 Å². The lowest BCUT2D eigenvalue weighted by Gasteiger charge is -2.39. The Labute approximate surface area is 182 Å². The van der Waals surface area contributed by atoms with Crippen LogP contribution in [0.3, 0.4) is 0 Å². The van der Waals surface area contributed by atoms with Gasteiger partial charge in [-0.1, -0.05) is 38.5 Å². The van der Waals surface area contributed by atoms with Crippen LogP contribution in [0.2, 0.25) is 0 Å². The zero-order valence-electron chi connectivity index (χ0n) is 18.1. The van der Waals surface area contributed by atoms with E-state index in [4.69, 9.17) is 19.8 Å². The Balaban J connectivity index is 2.00. The van der Waals surface area contributed by atoms with E-state index in [1.54, 1.807) is 0 Å². The molecule has 1 rings (SSSR count). The molecule has 0 aliphatic carbocycles. The third-order valence-electron chi connectivity index (χ3n) is 5.15. The average molecular weight is 451 g/mol. The molecule has 0 bridgehead atoms. The second-order valence-corrected chi connectivity index (χ2v) is 7.89. The molecule has 0 aromatic rings. The summed E-state index contributed by atoms with van der Waals surface area (Å²) in [6.45, 7) is 1.44. The fourth-order valence-electron chi connectivity index (χ4n) is 3.17. The zero-order chi connectivity index (χ0) is 23.2. The average Bonchev–Trinajstić information content (AvgIpc) is 2.75. The Morgan fingerprint density at radius 2 is 1.52 bits per heavy atom. The number of hydrogen-bond donors (Lipinski definition) is 7. The largest absolute Gasteiger partial charge is 0.394 e. The SMILES string of the molecule is C[C@H](O)C(=O)NCCCCCCCCCCC(=O)NO[C@@H]1O[C@H](CO)[C@H](O)[C@H](O)[C@H]1O. The molecule has 6 atom stereocenters. The number of rotatable bonds is 15. The molecule has 2 amide bonds. The molecule has 1 heterocycles. The first kappa shape index (κ1) is 27.7. The van der Waals surface area contributed by atoms with Crippen molar-refractivity contribution in [2.75, 3.05) is 13.2 Å². The first-order valence-corrected chi connectivity index (χ1v) is 11.0. The summed E-state index contributed by atoms with van der Waals surface area (Å²) in [5, 5.41) is 50.0. The highest BCUT2D eigenvalue weighted by Crippen LogP contribution is 2.21. The molecule has 1 aliphatic rings. The predicted molar refractivity (Wildman–Crippen MR) is 109 cm³/mol. The molecule has 7 N–H and O–H groups in total. The normalized spacial score (nSPS) is 27.0. The quantitative estimate of drug-likeness (QED) is 0.120. The van der Waals surface area contributed by atoms with Gasteiger partial charge in [0, 0.05) is 13.0 Å². The van der Waals surface area contributed by atoms with E-state index in [9.17, 15) is 24.9 Å². The van der Waals surface area contributed by atoms with Crippen molar-refractivity contribution in [2.24, 2.45) is 0 Å². The smallest absolute Gasteiger partial charge is 0.248 e. The van der Waals surface area contributed by atoms with Crippen molar-refractivity contribution in [3.63, 3.8) is 0 Å². The Hall–Kier alpha value is -1.34. The summed E-state index contributed by atoms with van der Waals surface area (Å²) >= 11 is 0. The second-order valence-electron chi connectivity index (χ2n) is 7.89. The third kappa shape index (κ3) is 10.7. The third-order valence-corrected chi connectivity index (χ3v) is 5.15. The molecule has 0 radical (unpaired) electrons. The summed E-state index contributed by atoms with van der Waals surface area (Å²) in [6, 6.07) is 0. The van der Waals surface area contributed by atoms with E-state index in [-0.39, 0.29) is 12.3 Å². The van der Waals surface area contributed by atoms with E-state index < -0.39 is 49.3 Å². The van der Waals surface area contributed by atoms with Gasteiger partial charge in [0.05, 0.1) is 6.61 Å². The molecule has 11 nitrogen and oxygen atoms in total. The molecular formula is C20H38N2O9. The van der Waals surface area contributed by atoms with Gasteiger partial charge < -0.3 is 35.6 Å². The highest BCUT2D eigenvalue weighted by molar-refractivity contribution is 5.79. The van der Waals surface area contributed by atoms with Gasteiger partial charge in [-0.05, 0) is 19.8 Å². The van der Waals surface area contributed by atoms with Crippen LogP contribution in [0.4, 0.5) is 0 Å². The molecule has 0 spiro atoms. The summed E-state index contributed by atoms with van der Waals surface area (Å²) in [4.78, 5) is 28.0. The number of aliphatic hydroxyl groups excluding tert-OH is 5. The fourth-order valence-corrected chi connectivity index (χ4v) is 3.17. The van der Waals surface area contributed by atoms with Crippen molar-refractivity contribution in [2.45, 2.75) is 102 Å². The number of unbranched alkanes of at least 4 members (excludes halogenated alkanes) is 7. The first-order chi connectivity index (χ1) is 14.8. The molecule has 1 aliphatic heterocycles. The van der Waals surface area contributed by atoms with E-state index in [2.05, 4.69) is 10.8 Å².